The highest BCUT2D eigenvalue weighted by Crippen LogP contribution is 2.37. The van der Waals surface area contributed by atoms with Gasteiger partial charge in [0.15, 0.2) is 16.4 Å². The highest BCUT2D eigenvalue weighted by Gasteiger charge is 2.26. The van der Waals surface area contributed by atoms with Gasteiger partial charge in [-0.2, -0.15) is 8.42 Å². The third-order valence-corrected chi connectivity index (χ3v) is 5.63. The van der Waals surface area contributed by atoms with Gasteiger partial charge in [-0.3, -0.25) is 0 Å². The third-order valence-electron chi connectivity index (χ3n) is 4.38. The molecule has 0 atom stereocenters. The maximum absolute atomic E-state index is 13.0. The first-order valence-electron chi connectivity index (χ1n) is 9.99. The number of ether oxygens (including phenoxy) is 4. The fourth-order valence-corrected chi connectivity index (χ4v) is 3.82. The van der Waals surface area contributed by atoms with Crippen LogP contribution in [0.5, 0.6) is 17.2 Å². The molecule has 0 radical (unpaired) electrons. The Morgan fingerprint density at radius 1 is 1.00 bits per heavy atom. The summed E-state index contributed by atoms with van der Waals surface area (Å²) in [6.45, 7) is 2.29. The van der Waals surface area contributed by atoms with Crippen LogP contribution in [0.3, 0.4) is 0 Å². The van der Waals surface area contributed by atoms with Crippen molar-refractivity contribution >= 4 is 28.1 Å². The Bertz CT molecular complexity index is 1100. The monoisotopic (exact) mass is 478 g/mol. The molecule has 0 aliphatic carbocycles. The number of hydrogen-bond donors (Lipinski definition) is 0. The molecule has 10 heteroatoms. The van der Waals surface area contributed by atoms with E-state index in [1.54, 1.807) is 0 Å². The first-order chi connectivity index (χ1) is 15.7. The van der Waals surface area contributed by atoms with Gasteiger partial charge in [0.2, 0.25) is 0 Å². The average molecular weight is 479 g/mol. The van der Waals surface area contributed by atoms with Gasteiger partial charge in [0.1, 0.15) is 5.75 Å². The van der Waals surface area contributed by atoms with Crippen molar-refractivity contribution in [3.05, 3.63) is 53.6 Å². The first-order valence-corrected chi connectivity index (χ1v) is 11.4. The van der Waals surface area contributed by atoms with Crippen LogP contribution in [0.2, 0.25) is 0 Å². The molecule has 0 bridgehead atoms. The van der Waals surface area contributed by atoms with Crippen LogP contribution in [0, 0.1) is 0 Å². The molecule has 0 unspecified atom stereocenters. The van der Waals surface area contributed by atoms with E-state index >= 15 is 0 Å². The number of hydrogen-bond acceptors (Lipinski definition) is 9. The predicted octanol–water partition coefficient (Wildman–Crippen LogP) is 3.61. The van der Waals surface area contributed by atoms with E-state index in [-0.39, 0.29) is 27.7 Å². The molecule has 2 aromatic carbocycles. The Morgan fingerprint density at radius 2 is 1.70 bits per heavy atom. The molecular formula is C23H26O9S. The normalized spacial score (nSPS) is 11.2. The summed E-state index contributed by atoms with van der Waals surface area (Å²) in [5, 5.41) is 0. The highest BCUT2D eigenvalue weighted by molar-refractivity contribution is 7.87. The van der Waals surface area contributed by atoms with E-state index in [2.05, 4.69) is 4.74 Å². The Labute approximate surface area is 193 Å². The number of rotatable bonds is 11. The smallest absolute Gasteiger partial charge is 0.343 e. The molecule has 2 aromatic rings. The van der Waals surface area contributed by atoms with E-state index in [0.717, 1.165) is 18.9 Å². The van der Waals surface area contributed by atoms with Crippen molar-refractivity contribution < 1.29 is 41.1 Å². The molecule has 0 saturated carbocycles. The van der Waals surface area contributed by atoms with Gasteiger partial charge < -0.3 is 23.1 Å². The number of carbonyl (C=O) groups is 2. The molecule has 0 aliphatic rings. The van der Waals surface area contributed by atoms with E-state index in [0.29, 0.717) is 12.2 Å². The van der Waals surface area contributed by atoms with Crippen LogP contribution in [0.25, 0.3) is 6.08 Å². The van der Waals surface area contributed by atoms with Crippen LogP contribution in [0.4, 0.5) is 0 Å². The quantitative estimate of drug-likeness (QED) is 0.207. The zero-order valence-electron chi connectivity index (χ0n) is 18.8. The fraction of sp³-hybridized carbons (Fsp3) is 0.304. The van der Waals surface area contributed by atoms with E-state index in [4.69, 9.17) is 18.4 Å². The minimum absolute atomic E-state index is 0.0170. The van der Waals surface area contributed by atoms with Gasteiger partial charge >= 0.3 is 22.1 Å². The predicted molar refractivity (Wildman–Crippen MR) is 120 cm³/mol. The molecule has 2 rings (SSSR count). The second-order valence-electron chi connectivity index (χ2n) is 6.66. The van der Waals surface area contributed by atoms with Gasteiger partial charge in [0.05, 0.1) is 33.5 Å². The fourth-order valence-electron chi connectivity index (χ4n) is 2.67. The number of carbonyl (C=O) groups excluding carboxylic acids is 2. The molecule has 178 valence electrons. The van der Waals surface area contributed by atoms with Gasteiger partial charge in [0.25, 0.3) is 0 Å². The molecule has 0 heterocycles. The maximum atomic E-state index is 13.0. The van der Waals surface area contributed by atoms with Gasteiger partial charge in [0, 0.05) is 6.08 Å². The van der Waals surface area contributed by atoms with Crippen LogP contribution >= 0.6 is 0 Å². The molecular weight excluding hydrogens is 452 g/mol. The Morgan fingerprint density at radius 3 is 2.27 bits per heavy atom. The molecule has 9 nitrogen and oxygen atoms in total. The number of unbranched alkanes of at least 4 members (excludes halogenated alkanes) is 1. The van der Waals surface area contributed by atoms with Crippen molar-refractivity contribution in [3.8, 4) is 17.2 Å². The van der Waals surface area contributed by atoms with E-state index in [1.807, 2.05) is 6.92 Å². The Balaban J connectivity index is 2.34. The van der Waals surface area contributed by atoms with Crippen LogP contribution in [-0.2, 0) is 24.4 Å². The minimum Gasteiger partial charge on any atom is -0.493 e. The summed E-state index contributed by atoms with van der Waals surface area (Å²) in [7, 11) is -0.514. The van der Waals surface area contributed by atoms with Crippen LogP contribution in [0.1, 0.15) is 35.7 Å². The first kappa shape index (κ1) is 25.7. The van der Waals surface area contributed by atoms with Crippen molar-refractivity contribution in [2.75, 3.05) is 27.9 Å². The second-order valence-corrected chi connectivity index (χ2v) is 8.18. The molecule has 0 fully saturated rings. The van der Waals surface area contributed by atoms with Gasteiger partial charge in [-0.1, -0.05) is 13.3 Å². The molecule has 0 aliphatic heterocycles. The standard InChI is InChI=1S/C23H26O9S/c1-5-6-13-31-23(25)17-8-10-18(11-9-17)32-33(26,27)20-15-16(7-12-21(24)29-3)14-19(28-2)22(20)30-4/h7-12,14-15H,5-6,13H2,1-4H3/b12-7+. The Hall–Kier alpha value is -3.53. The Kier molecular flexibility index (Phi) is 9.29. The summed E-state index contributed by atoms with van der Waals surface area (Å²) in [5.41, 5.74) is 0.607. The lowest BCUT2D eigenvalue weighted by molar-refractivity contribution is -0.134. The number of methoxy groups -OCH3 is 3. The molecule has 33 heavy (non-hydrogen) atoms. The van der Waals surface area contributed by atoms with Crippen molar-refractivity contribution in [1.82, 2.24) is 0 Å². The SMILES string of the molecule is CCCCOC(=O)c1ccc(OS(=O)(=O)c2cc(/C=C/C(=O)OC)cc(OC)c2OC)cc1. The van der Waals surface area contributed by atoms with Gasteiger partial charge in [-0.15, -0.1) is 0 Å². The van der Waals surface area contributed by atoms with Gasteiger partial charge in [-0.05, 0) is 54.5 Å². The lowest BCUT2D eigenvalue weighted by atomic mass is 10.2. The largest absolute Gasteiger partial charge is 0.493 e. The maximum Gasteiger partial charge on any atom is 0.343 e. The lowest BCUT2D eigenvalue weighted by Gasteiger charge is -2.15. The summed E-state index contributed by atoms with van der Waals surface area (Å²) in [6, 6.07) is 8.28. The highest BCUT2D eigenvalue weighted by atomic mass is 32.2. The van der Waals surface area contributed by atoms with Crippen LogP contribution in [-0.4, -0.2) is 48.3 Å². The summed E-state index contributed by atoms with van der Waals surface area (Å²) in [6.07, 6.45) is 4.15. The van der Waals surface area contributed by atoms with Gasteiger partial charge in [-0.25, -0.2) is 9.59 Å². The molecule has 0 aromatic heterocycles. The van der Waals surface area contributed by atoms with Crippen molar-refractivity contribution in [1.29, 1.82) is 0 Å². The average Bonchev–Trinajstić information content (AvgIpc) is 2.81. The second kappa shape index (κ2) is 11.9. The van der Waals surface area contributed by atoms with Crippen LogP contribution in [0.15, 0.2) is 47.4 Å². The zero-order chi connectivity index (χ0) is 24.4. The molecule has 0 spiro atoms. The van der Waals surface area contributed by atoms with E-state index in [9.17, 15) is 18.0 Å². The third kappa shape index (κ3) is 6.98. The molecule has 0 saturated heterocycles. The molecule has 0 N–H and O–H groups in total. The summed E-state index contributed by atoms with van der Waals surface area (Å²) < 4.78 is 51.4. The lowest BCUT2D eigenvalue weighted by Crippen LogP contribution is -2.12. The van der Waals surface area contributed by atoms with Crippen molar-refractivity contribution in [2.45, 2.75) is 24.7 Å². The van der Waals surface area contributed by atoms with Crippen LogP contribution < -0.4 is 13.7 Å². The van der Waals surface area contributed by atoms with Crippen molar-refractivity contribution in [3.63, 3.8) is 0 Å². The summed E-state index contributed by atoms with van der Waals surface area (Å²) in [4.78, 5) is 23.1. The summed E-state index contributed by atoms with van der Waals surface area (Å²) in [5.74, 6) is -1.08. The number of esters is 2. The van der Waals surface area contributed by atoms with E-state index in [1.165, 1.54) is 63.8 Å². The molecule has 0 amide bonds. The van der Waals surface area contributed by atoms with Crippen molar-refractivity contribution in [2.24, 2.45) is 0 Å². The number of benzene rings is 2. The van der Waals surface area contributed by atoms with E-state index < -0.39 is 22.1 Å². The zero-order valence-corrected chi connectivity index (χ0v) is 19.6. The minimum atomic E-state index is -4.38. The summed E-state index contributed by atoms with van der Waals surface area (Å²) >= 11 is 0. The topological polar surface area (TPSA) is 114 Å².